The van der Waals surface area contributed by atoms with Crippen LogP contribution < -0.4 is 9.80 Å². The molecule has 3 rings (SSSR count). The summed E-state index contributed by atoms with van der Waals surface area (Å²) in [6.07, 6.45) is 5.34. The van der Waals surface area contributed by atoms with Crippen molar-refractivity contribution in [1.29, 1.82) is 0 Å². The van der Waals surface area contributed by atoms with Crippen LogP contribution in [0.15, 0.2) is 30.4 Å². The van der Waals surface area contributed by atoms with E-state index in [0.29, 0.717) is 5.56 Å². The van der Waals surface area contributed by atoms with Crippen molar-refractivity contribution in [2.45, 2.75) is 6.42 Å². The first kappa shape index (κ1) is 11.0. The largest absolute Gasteiger partial charge is 0.367 e. The maximum Gasteiger partial charge on any atom is 0.299 e. The summed E-state index contributed by atoms with van der Waals surface area (Å²) in [6.45, 7) is 1.85. The zero-order chi connectivity index (χ0) is 12.7. The number of hydrogen-bond acceptors (Lipinski definition) is 3. The zero-order valence-electron chi connectivity index (χ0n) is 10.2. The standard InChI is InChI=1S/C14H14N2O2/c1-15-12-9-10(16-7-3-2-4-8-16)5-6-11(12)13(17)14(15)18/h2-3,5-6,9H,4,7-8H2,1H3. The van der Waals surface area contributed by atoms with E-state index in [-0.39, 0.29) is 0 Å². The lowest BCUT2D eigenvalue weighted by Crippen LogP contribution is -2.27. The first-order valence-electron chi connectivity index (χ1n) is 6.05. The van der Waals surface area contributed by atoms with Gasteiger partial charge in [-0.25, -0.2) is 0 Å². The minimum Gasteiger partial charge on any atom is -0.367 e. The maximum absolute atomic E-state index is 11.7. The summed E-state index contributed by atoms with van der Waals surface area (Å²) >= 11 is 0. The van der Waals surface area contributed by atoms with Crippen LogP contribution in [-0.2, 0) is 4.79 Å². The van der Waals surface area contributed by atoms with E-state index in [1.165, 1.54) is 4.90 Å². The zero-order valence-corrected chi connectivity index (χ0v) is 10.2. The van der Waals surface area contributed by atoms with Gasteiger partial charge in [-0.05, 0) is 24.6 Å². The topological polar surface area (TPSA) is 40.6 Å². The number of anilines is 2. The van der Waals surface area contributed by atoms with Gasteiger partial charge in [-0.2, -0.15) is 0 Å². The van der Waals surface area contributed by atoms with Crippen LogP contribution in [0, 0.1) is 0 Å². The summed E-state index contributed by atoms with van der Waals surface area (Å²) in [5, 5.41) is 0. The van der Waals surface area contributed by atoms with Gasteiger partial charge >= 0.3 is 0 Å². The molecule has 1 amide bonds. The van der Waals surface area contributed by atoms with Crippen LogP contribution in [-0.4, -0.2) is 31.8 Å². The van der Waals surface area contributed by atoms with Crippen molar-refractivity contribution in [3.05, 3.63) is 35.9 Å². The molecule has 0 aliphatic carbocycles. The molecule has 0 spiro atoms. The number of carbonyl (C=O) groups is 2. The second kappa shape index (κ2) is 3.98. The quantitative estimate of drug-likeness (QED) is 0.555. The molecule has 0 atom stereocenters. The first-order chi connectivity index (χ1) is 8.68. The van der Waals surface area contributed by atoms with Crippen molar-refractivity contribution < 1.29 is 9.59 Å². The molecule has 0 aromatic heterocycles. The number of amides is 1. The summed E-state index contributed by atoms with van der Waals surface area (Å²) in [4.78, 5) is 26.9. The highest BCUT2D eigenvalue weighted by molar-refractivity contribution is 6.52. The smallest absolute Gasteiger partial charge is 0.299 e. The van der Waals surface area contributed by atoms with Crippen molar-refractivity contribution in [3.8, 4) is 0 Å². The third-order valence-electron chi connectivity index (χ3n) is 3.51. The fourth-order valence-electron chi connectivity index (χ4n) is 2.44. The summed E-state index contributed by atoms with van der Waals surface area (Å²) in [5.74, 6) is -0.849. The highest BCUT2D eigenvalue weighted by Gasteiger charge is 2.33. The molecular formula is C14H14N2O2. The molecule has 0 saturated heterocycles. The van der Waals surface area contributed by atoms with Gasteiger partial charge in [0.2, 0.25) is 0 Å². The van der Waals surface area contributed by atoms with Crippen molar-refractivity contribution in [3.63, 3.8) is 0 Å². The third-order valence-corrected chi connectivity index (χ3v) is 3.51. The van der Waals surface area contributed by atoms with Crippen LogP contribution in [0.1, 0.15) is 16.8 Å². The Morgan fingerprint density at radius 2 is 2.00 bits per heavy atom. The van der Waals surface area contributed by atoms with E-state index in [9.17, 15) is 9.59 Å². The van der Waals surface area contributed by atoms with E-state index in [1.807, 2.05) is 12.1 Å². The van der Waals surface area contributed by atoms with Crippen molar-refractivity contribution in [2.24, 2.45) is 0 Å². The highest BCUT2D eigenvalue weighted by atomic mass is 16.2. The molecule has 1 aromatic carbocycles. The van der Waals surface area contributed by atoms with Gasteiger partial charge in [0.1, 0.15) is 0 Å². The molecule has 2 aliphatic heterocycles. The average molecular weight is 242 g/mol. The molecule has 0 fully saturated rings. The fraction of sp³-hybridized carbons (Fsp3) is 0.286. The Labute approximate surface area is 105 Å². The first-order valence-corrected chi connectivity index (χ1v) is 6.05. The van der Waals surface area contributed by atoms with Gasteiger partial charge in [0.25, 0.3) is 11.7 Å². The van der Waals surface area contributed by atoms with Gasteiger partial charge in [0.15, 0.2) is 0 Å². The Balaban J connectivity index is 1.99. The summed E-state index contributed by atoms with van der Waals surface area (Å²) in [5.41, 5.74) is 2.29. The number of nitrogens with zero attached hydrogens (tertiary/aromatic N) is 2. The number of rotatable bonds is 1. The summed E-state index contributed by atoms with van der Waals surface area (Å²) in [7, 11) is 1.64. The molecule has 2 heterocycles. The van der Waals surface area contributed by atoms with Crippen molar-refractivity contribution in [1.82, 2.24) is 0 Å². The van der Waals surface area contributed by atoms with Crippen molar-refractivity contribution in [2.75, 3.05) is 29.9 Å². The van der Waals surface area contributed by atoms with E-state index >= 15 is 0 Å². The van der Waals surface area contributed by atoms with Crippen LogP contribution in [0.3, 0.4) is 0 Å². The molecule has 18 heavy (non-hydrogen) atoms. The lowest BCUT2D eigenvalue weighted by atomic mass is 10.1. The molecule has 2 aliphatic rings. The van der Waals surface area contributed by atoms with E-state index in [4.69, 9.17) is 0 Å². The maximum atomic E-state index is 11.7. The van der Waals surface area contributed by atoms with Gasteiger partial charge in [-0.1, -0.05) is 12.2 Å². The minimum atomic E-state index is -0.444. The average Bonchev–Trinajstić information content (AvgIpc) is 2.65. The SMILES string of the molecule is CN1C(=O)C(=O)c2ccc(N3CC=CCC3)cc21. The molecule has 0 unspecified atom stereocenters. The Morgan fingerprint density at radius 3 is 2.72 bits per heavy atom. The Hall–Kier alpha value is -2.10. The Kier molecular flexibility index (Phi) is 2.44. The lowest BCUT2D eigenvalue weighted by molar-refractivity contribution is -0.114. The predicted molar refractivity (Wildman–Crippen MR) is 70.2 cm³/mol. The second-order valence-electron chi connectivity index (χ2n) is 4.60. The molecule has 4 heteroatoms. The van der Waals surface area contributed by atoms with E-state index in [2.05, 4.69) is 17.1 Å². The van der Waals surface area contributed by atoms with Crippen LogP contribution in [0.2, 0.25) is 0 Å². The van der Waals surface area contributed by atoms with Crippen LogP contribution >= 0.6 is 0 Å². The molecule has 4 nitrogen and oxygen atoms in total. The second-order valence-corrected chi connectivity index (χ2v) is 4.60. The van der Waals surface area contributed by atoms with Crippen molar-refractivity contribution >= 4 is 23.1 Å². The molecule has 0 bridgehead atoms. The molecule has 0 N–H and O–H groups in total. The van der Waals surface area contributed by atoms with Crippen LogP contribution in [0.4, 0.5) is 11.4 Å². The Bertz CT molecular complexity index is 563. The van der Waals surface area contributed by atoms with Gasteiger partial charge in [-0.3, -0.25) is 9.59 Å². The van der Waals surface area contributed by atoms with E-state index in [0.717, 1.165) is 30.9 Å². The molecular weight excluding hydrogens is 228 g/mol. The molecule has 0 radical (unpaired) electrons. The number of hydrogen-bond donors (Lipinski definition) is 0. The third kappa shape index (κ3) is 1.53. The van der Waals surface area contributed by atoms with Gasteiger partial charge in [-0.15, -0.1) is 0 Å². The monoisotopic (exact) mass is 242 g/mol. The van der Waals surface area contributed by atoms with Crippen LogP contribution in [0.25, 0.3) is 0 Å². The van der Waals surface area contributed by atoms with Gasteiger partial charge < -0.3 is 9.80 Å². The lowest BCUT2D eigenvalue weighted by Gasteiger charge is -2.26. The predicted octanol–water partition coefficient (Wildman–Crippen LogP) is 1.61. The molecule has 1 aromatic rings. The normalized spacial score (nSPS) is 18.5. The number of fused-ring (bicyclic) bond motifs is 1. The van der Waals surface area contributed by atoms with Gasteiger partial charge in [0, 0.05) is 25.8 Å². The summed E-state index contributed by atoms with van der Waals surface area (Å²) < 4.78 is 0. The van der Waals surface area contributed by atoms with Crippen LogP contribution in [0.5, 0.6) is 0 Å². The number of Topliss-reactive ketones (excluding diaryl/α,β-unsaturated/α-hetero) is 1. The van der Waals surface area contributed by atoms with E-state index < -0.39 is 11.7 Å². The molecule has 92 valence electrons. The molecule has 0 saturated carbocycles. The fourth-order valence-corrected chi connectivity index (χ4v) is 2.44. The number of ketones is 1. The number of benzene rings is 1. The van der Waals surface area contributed by atoms with E-state index in [1.54, 1.807) is 13.1 Å². The summed E-state index contributed by atoms with van der Waals surface area (Å²) in [6, 6.07) is 5.60. The number of carbonyl (C=O) groups excluding carboxylic acids is 2. The minimum absolute atomic E-state index is 0.405. The highest BCUT2D eigenvalue weighted by Crippen LogP contribution is 2.32. The Morgan fingerprint density at radius 1 is 1.17 bits per heavy atom. The van der Waals surface area contributed by atoms with Gasteiger partial charge in [0.05, 0.1) is 11.3 Å². The number of likely N-dealkylation sites (N-methyl/N-ethyl adjacent to an activating group) is 1.